The molecule has 1 unspecified atom stereocenters. The van der Waals surface area contributed by atoms with Crippen molar-refractivity contribution in [2.75, 3.05) is 13.6 Å². The van der Waals surface area contributed by atoms with Gasteiger partial charge in [-0.3, -0.25) is 0 Å². The van der Waals surface area contributed by atoms with Crippen LogP contribution in [0.1, 0.15) is 17.2 Å². The lowest BCUT2D eigenvalue weighted by molar-refractivity contribution is 0.306. The van der Waals surface area contributed by atoms with Gasteiger partial charge in [0.1, 0.15) is 12.4 Å². The summed E-state index contributed by atoms with van der Waals surface area (Å²) < 4.78 is 5.73. The quantitative estimate of drug-likeness (QED) is 0.834. The van der Waals surface area contributed by atoms with E-state index in [9.17, 15) is 0 Å². The minimum atomic E-state index is 0.0215. The van der Waals surface area contributed by atoms with Gasteiger partial charge in [0.2, 0.25) is 0 Å². The number of ether oxygens (including phenoxy) is 1. The molecule has 3 N–H and O–H groups in total. The van der Waals surface area contributed by atoms with Crippen LogP contribution in [0.5, 0.6) is 5.75 Å². The van der Waals surface area contributed by atoms with Gasteiger partial charge in [0.05, 0.1) is 0 Å². The molecule has 0 saturated heterocycles. The standard InChI is InChI=1S/C16H20N2O/c1-18-11-16(17)14-7-9-15(10-8-14)19-12-13-5-3-2-4-6-13/h2-10,16,18H,11-12,17H2,1H3. The van der Waals surface area contributed by atoms with E-state index in [2.05, 4.69) is 17.4 Å². The van der Waals surface area contributed by atoms with E-state index in [0.717, 1.165) is 17.9 Å². The molecule has 0 radical (unpaired) electrons. The first-order chi connectivity index (χ1) is 9.29. The Morgan fingerprint density at radius 3 is 2.37 bits per heavy atom. The number of rotatable bonds is 6. The van der Waals surface area contributed by atoms with Gasteiger partial charge >= 0.3 is 0 Å². The van der Waals surface area contributed by atoms with E-state index in [0.29, 0.717) is 6.61 Å². The third kappa shape index (κ3) is 4.09. The monoisotopic (exact) mass is 256 g/mol. The van der Waals surface area contributed by atoms with E-state index >= 15 is 0 Å². The lowest BCUT2D eigenvalue weighted by Gasteiger charge is -2.12. The summed E-state index contributed by atoms with van der Waals surface area (Å²) in [5.74, 6) is 0.865. The van der Waals surface area contributed by atoms with Crippen molar-refractivity contribution in [2.24, 2.45) is 5.73 Å². The largest absolute Gasteiger partial charge is 0.489 e. The predicted molar refractivity (Wildman–Crippen MR) is 78.1 cm³/mol. The lowest BCUT2D eigenvalue weighted by atomic mass is 10.1. The highest BCUT2D eigenvalue weighted by atomic mass is 16.5. The van der Waals surface area contributed by atoms with Crippen molar-refractivity contribution in [2.45, 2.75) is 12.6 Å². The molecule has 0 amide bonds. The summed E-state index contributed by atoms with van der Waals surface area (Å²) in [7, 11) is 1.90. The minimum absolute atomic E-state index is 0.0215. The molecule has 1 atom stereocenters. The first kappa shape index (κ1) is 13.6. The predicted octanol–water partition coefficient (Wildman–Crippen LogP) is 2.48. The van der Waals surface area contributed by atoms with E-state index in [1.165, 1.54) is 5.56 Å². The van der Waals surface area contributed by atoms with Crippen LogP contribution in [0.25, 0.3) is 0 Å². The molecular weight excluding hydrogens is 236 g/mol. The first-order valence-electron chi connectivity index (χ1n) is 6.46. The second-order valence-electron chi connectivity index (χ2n) is 4.51. The van der Waals surface area contributed by atoms with Crippen molar-refractivity contribution >= 4 is 0 Å². The fourth-order valence-corrected chi connectivity index (χ4v) is 1.89. The highest BCUT2D eigenvalue weighted by Crippen LogP contribution is 2.17. The second kappa shape index (κ2) is 6.92. The van der Waals surface area contributed by atoms with E-state index in [-0.39, 0.29) is 6.04 Å². The van der Waals surface area contributed by atoms with E-state index in [1.54, 1.807) is 0 Å². The average molecular weight is 256 g/mol. The number of nitrogens with two attached hydrogens (primary N) is 1. The highest BCUT2D eigenvalue weighted by molar-refractivity contribution is 5.29. The minimum Gasteiger partial charge on any atom is -0.489 e. The number of hydrogen-bond acceptors (Lipinski definition) is 3. The Labute approximate surface area is 114 Å². The summed E-state index contributed by atoms with van der Waals surface area (Å²) in [6.45, 7) is 1.35. The normalized spacial score (nSPS) is 12.1. The molecule has 0 saturated carbocycles. The smallest absolute Gasteiger partial charge is 0.119 e. The summed E-state index contributed by atoms with van der Waals surface area (Å²) in [4.78, 5) is 0. The highest BCUT2D eigenvalue weighted by Gasteiger charge is 2.04. The molecule has 0 aromatic heterocycles. The third-order valence-electron chi connectivity index (χ3n) is 2.98. The molecule has 100 valence electrons. The van der Waals surface area contributed by atoms with Crippen molar-refractivity contribution < 1.29 is 4.74 Å². The Hall–Kier alpha value is -1.84. The van der Waals surface area contributed by atoms with Crippen LogP contribution in [0.2, 0.25) is 0 Å². The van der Waals surface area contributed by atoms with Gasteiger partial charge in [-0.2, -0.15) is 0 Å². The number of likely N-dealkylation sites (N-methyl/N-ethyl adjacent to an activating group) is 1. The summed E-state index contributed by atoms with van der Waals surface area (Å²) in [6.07, 6.45) is 0. The number of hydrogen-bond donors (Lipinski definition) is 2. The molecule has 0 bridgehead atoms. The molecule has 0 spiro atoms. The number of benzene rings is 2. The zero-order valence-electron chi connectivity index (χ0n) is 11.2. The maximum atomic E-state index is 6.02. The summed E-state index contributed by atoms with van der Waals surface area (Å²) in [5, 5.41) is 3.07. The van der Waals surface area contributed by atoms with Crippen LogP contribution < -0.4 is 15.8 Å². The SMILES string of the molecule is CNCC(N)c1ccc(OCc2ccccc2)cc1. The van der Waals surface area contributed by atoms with Gasteiger partial charge in [-0.05, 0) is 30.3 Å². The maximum Gasteiger partial charge on any atom is 0.119 e. The summed E-state index contributed by atoms with van der Waals surface area (Å²) >= 11 is 0. The van der Waals surface area contributed by atoms with Gasteiger partial charge < -0.3 is 15.8 Å². The molecule has 0 aliphatic rings. The Balaban J connectivity index is 1.92. The van der Waals surface area contributed by atoms with E-state index in [4.69, 9.17) is 10.5 Å². The van der Waals surface area contributed by atoms with Gasteiger partial charge in [-0.25, -0.2) is 0 Å². The van der Waals surface area contributed by atoms with Crippen molar-refractivity contribution in [1.29, 1.82) is 0 Å². The van der Waals surface area contributed by atoms with Gasteiger partial charge in [-0.15, -0.1) is 0 Å². The molecular formula is C16H20N2O. The number of nitrogens with one attached hydrogen (secondary N) is 1. The zero-order chi connectivity index (χ0) is 13.5. The van der Waals surface area contributed by atoms with E-state index in [1.807, 2.05) is 49.5 Å². The molecule has 19 heavy (non-hydrogen) atoms. The Kier molecular flexibility index (Phi) is 4.95. The van der Waals surface area contributed by atoms with Gasteiger partial charge in [-0.1, -0.05) is 42.5 Å². The molecule has 2 aromatic carbocycles. The van der Waals surface area contributed by atoms with Gasteiger partial charge in [0, 0.05) is 12.6 Å². The van der Waals surface area contributed by atoms with Crippen molar-refractivity contribution in [3.63, 3.8) is 0 Å². The molecule has 3 nitrogen and oxygen atoms in total. The van der Waals surface area contributed by atoms with Crippen LogP contribution in [-0.2, 0) is 6.61 Å². The fraction of sp³-hybridized carbons (Fsp3) is 0.250. The van der Waals surface area contributed by atoms with Gasteiger partial charge in [0.25, 0.3) is 0 Å². The molecule has 0 fully saturated rings. The molecule has 2 aromatic rings. The summed E-state index contributed by atoms with van der Waals surface area (Å²) in [5.41, 5.74) is 8.29. The summed E-state index contributed by atoms with van der Waals surface area (Å²) in [6, 6.07) is 18.1. The van der Waals surface area contributed by atoms with Gasteiger partial charge in [0.15, 0.2) is 0 Å². The molecule has 2 rings (SSSR count). The Bertz CT molecular complexity index is 482. The van der Waals surface area contributed by atoms with Crippen molar-refractivity contribution in [3.8, 4) is 5.75 Å². The average Bonchev–Trinajstić information content (AvgIpc) is 2.47. The maximum absolute atomic E-state index is 6.02. The second-order valence-corrected chi connectivity index (χ2v) is 4.51. The Morgan fingerprint density at radius 2 is 1.74 bits per heavy atom. The lowest BCUT2D eigenvalue weighted by Crippen LogP contribution is -2.23. The Morgan fingerprint density at radius 1 is 1.05 bits per heavy atom. The third-order valence-corrected chi connectivity index (χ3v) is 2.98. The van der Waals surface area contributed by atoms with E-state index < -0.39 is 0 Å². The zero-order valence-corrected chi connectivity index (χ0v) is 11.2. The van der Waals surface area contributed by atoms with Crippen molar-refractivity contribution in [1.82, 2.24) is 5.32 Å². The molecule has 0 aliphatic heterocycles. The van der Waals surface area contributed by atoms with Crippen LogP contribution in [-0.4, -0.2) is 13.6 Å². The fourth-order valence-electron chi connectivity index (χ4n) is 1.89. The molecule has 0 aliphatic carbocycles. The van der Waals surface area contributed by atoms with Crippen LogP contribution in [0, 0.1) is 0 Å². The first-order valence-corrected chi connectivity index (χ1v) is 6.46. The van der Waals surface area contributed by atoms with Crippen molar-refractivity contribution in [3.05, 3.63) is 65.7 Å². The van der Waals surface area contributed by atoms with Crippen LogP contribution >= 0.6 is 0 Å². The topological polar surface area (TPSA) is 47.3 Å². The molecule has 3 heteroatoms. The van der Waals surface area contributed by atoms with Crippen LogP contribution in [0.15, 0.2) is 54.6 Å². The molecule has 0 heterocycles. The van der Waals surface area contributed by atoms with Crippen LogP contribution in [0.4, 0.5) is 0 Å². The van der Waals surface area contributed by atoms with Crippen LogP contribution in [0.3, 0.4) is 0 Å².